The summed E-state index contributed by atoms with van der Waals surface area (Å²) < 4.78 is 0. The Morgan fingerprint density at radius 1 is 1.06 bits per heavy atom. The summed E-state index contributed by atoms with van der Waals surface area (Å²) in [6.45, 7) is 5.96. The van der Waals surface area contributed by atoms with Crippen molar-refractivity contribution in [3.63, 3.8) is 0 Å². The summed E-state index contributed by atoms with van der Waals surface area (Å²) in [5.74, 6) is -1.45. The third kappa shape index (κ3) is 5.26. The maximum atomic E-state index is 13.2. The summed E-state index contributed by atoms with van der Waals surface area (Å²) in [5, 5.41) is 2.94. The number of likely N-dealkylation sites (tertiary alicyclic amines) is 1. The molecule has 3 rings (SSSR count). The van der Waals surface area contributed by atoms with E-state index in [0.717, 1.165) is 12.0 Å². The number of hydrogen-bond donors (Lipinski definition) is 1. The molecule has 4 amide bonds. The number of fused-ring (bicyclic) bond motifs is 1. The highest BCUT2D eigenvalue weighted by Gasteiger charge is 2.47. The predicted molar refractivity (Wildman–Crippen MR) is 121 cm³/mol. The van der Waals surface area contributed by atoms with Crippen LogP contribution in [0.4, 0.5) is 0 Å². The van der Waals surface area contributed by atoms with Gasteiger partial charge in [-0.1, -0.05) is 49.4 Å². The Balaban J connectivity index is 1.69. The molecule has 1 N–H and O–H groups in total. The highest BCUT2D eigenvalue weighted by Crippen LogP contribution is 2.35. The molecular weight excluding hydrogens is 406 g/mol. The van der Waals surface area contributed by atoms with Gasteiger partial charge in [-0.25, -0.2) is 0 Å². The van der Waals surface area contributed by atoms with Crippen LogP contribution >= 0.6 is 0 Å². The number of hydrogen-bond acceptors (Lipinski definition) is 4. The van der Waals surface area contributed by atoms with Crippen molar-refractivity contribution < 1.29 is 19.2 Å². The normalized spacial score (nSPS) is 21.8. The molecule has 0 unspecified atom stereocenters. The van der Waals surface area contributed by atoms with Crippen LogP contribution in [0.2, 0.25) is 0 Å². The molecule has 1 aliphatic heterocycles. The van der Waals surface area contributed by atoms with Gasteiger partial charge in [-0.3, -0.25) is 24.1 Å². The molecule has 1 aromatic carbocycles. The first-order valence-corrected chi connectivity index (χ1v) is 11.5. The van der Waals surface area contributed by atoms with Gasteiger partial charge in [-0.15, -0.1) is 0 Å². The molecule has 0 aromatic heterocycles. The standard InChI is InChI=1S/C25H33N3O4/c1-4-17(2)26-23(30)18(3)28(16-19-10-6-5-7-11-19)22(29)14-15-27-24(31)20-12-8-9-13-21(20)25(27)32/h5-11,17-18,20-21H,4,12-16H2,1-3H3,(H,26,30)/t17-,18+,20-,21+/m0/s1. The first-order chi connectivity index (χ1) is 15.3. The van der Waals surface area contributed by atoms with Crippen molar-refractivity contribution in [1.29, 1.82) is 0 Å². The molecule has 172 valence electrons. The first kappa shape index (κ1) is 23.7. The molecule has 0 saturated carbocycles. The molecule has 2 aliphatic rings. The van der Waals surface area contributed by atoms with E-state index >= 15 is 0 Å². The van der Waals surface area contributed by atoms with Gasteiger partial charge in [-0.2, -0.15) is 0 Å². The van der Waals surface area contributed by atoms with Crippen molar-refractivity contribution in [3.8, 4) is 0 Å². The van der Waals surface area contributed by atoms with E-state index in [9.17, 15) is 19.2 Å². The van der Waals surface area contributed by atoms with Gasteiger partial charge in [-0.05, 0) is 38.7 Å². The van der Waals surface area contributed by atoms with E-state index in [1.165, 1.54) is 9.80 Å². The average Bonchev–Trinajstić information content (AvgIpc) is 3.05. The van der Waals surface area contributed by atoms with Crippen molar-refractivity contribution in [1.82, 2.24) is 15.1 Å². The lowest BCUT2D eigenvalue weighted by atomic mass is 9.85. The first-order valence-electron chi connectivity index (χ1n) is 11.5. The van der Waals surface area contributed by atoms with Gasteiger partial charge < -0.3 is 10.2 Å². The molecule has 7 heteroatoms. The van der Waals surface area contributed by atoms with Crippen molar-refractivity contribution in [2.24, 2.45) is 11.8 Å². The summed E-state index contributed by atoms with van der Waals surface area (Å²) in [6, 6.07) is 8.82. The van der Waals surface area contributed by atoms with Crippen LogP contribution in [0, 0.1) is 11.8 Å². The van der Waals surface area contributed by atoms with Crippen molar-refractivity contribution >= 4 is 23.6 Å². The Kier molecular flexibility index (Phi) is 7.83. The zero-order valence-electron chi connectivity index (χ0n) is 19.1. The smallest absolute Gasteiger partial charge is 0.242 e. The number of carbonyl (C=O) groups is 4. The Morgan fingerprint density at radius 2 is 1.66 bits per heavy atom. The maximum absolute atomic E-state index is 13.2. The topological polar surface area (TPSA) is 86.8 Å². The summed E-state index contributed by atoms with van der Waals surface area (Å²) in [7, 11) is 0. The van der Waals surface area contributed by atoms with E-state index in [1.54, 1.807) is 6.92 Å². The zero-order valence-corrected chi connectivity index (χ0v) is 19.1. The van der Waals surface area contributed by atoms with Gasteiger partial charge in [0.25, 0.3) is 0 Å². The minimum atomic E-state index is -0.673. The second-order valence-electron chi connectivity index (χ2n) is 8.74. The van der Waals surface area contributed by atoms with Crippen molar-refractivity contribution in [2.45, 2.75) is 65.1 Å². The molecule has 7 nitrogen and oxygen atoms in total. The van der Waals surface area contributed by atoms with Crippen LogP contribution in [0.25, 0.3) is 0 Å². The van der Waals surface area contributed by atoms with Crippen LogP contribution in [-0.2, 0) is 25.7 Å². The number of allylic oxidation sites excluding steroid dienone is 2. The molecule has 32 heavy (non-hydrogen) atoms. The second-order valence-corrected chi connectivity index (χ2v) is 8.74. The molecule has 0 bridgehead atoms. The molecule has 4 atom stereocenters. The van der Waals surface area contributed by atoms with Crippen LogP contribution < -0.4 is 5.32 Å². The van der Waals surface area contributed by atoms with Gasteiger partial charge in [0.15, 0.2) is 0 Å². The Morgan fingerprint density at radius 3 is 2.22 bits per heavy atom. The number of amides is 4. The average molecular weight is 440 g/mol. The molecule has 1 saturated heterocycles. The monoisotopic (exact) mass is 439 g/mol. The third-order valence-electron chi connectivity index (χ3n) is 6.51. The number of benzene rings is 1. The van der Waals surface area contributed by atoms with Crippen LogP contribution in [0.15, 0.2) is 42.5 Å². The van der Waals surface area contributed by atoms with E-state index in [4.69, 9.17) is 0 Å². The van der Waals surface area contributed by atoms with Crippen LogP contribution in [0.5, 0.6) is 0 Å². The van der Waals surface area contributed by atoms with Gasteiger partial charge in [0, 0.05) is 25.6 Å². The quantitative estimate of drug-likeness (QED) is 0.473. The lowest BCUT2D eigenvalue weighted by molar-refractivity contribution is -0.143. The third-order valence-corrected chi connectivity index (χ3v) is 6.51. The van der Waals surface area contributed by atoms with E-state index in [0.29, 0.717) is 12.8 Å². The Bertz CT molecular complexity index is 856. The summed E-state index contributed by atoms with van der Waals surface area (Å²) >= 11 is 0. The number of carbonyl (C=O) groups excluding carboxylic acids is 4. The zero-order chi connectivity index (χ0) is 23.3. The maximum Gasteiger partial charge on any atom is 0.242 e. The molecule has 1 aromatic rings. The minimum absolute atomic E-state index is 0.00185. The number of rotatable bonds is 9. The molecule has 1 aliphatic carbocycles. The molecular formula is C25H33N3O4. The molecule has 0 radical (unpaired) electrons. The van der Waals surface area contributed by atoms with Crippen LogP contribution in [0.3, 0.4) is 0 Å². The molecule has 1 heterocycles. The lowest BCUT2D eigenvalue weighted by Gasteiger charge is -2.30. The number of imide groups is 1. The van der Waals surface area contributed by atoms with Gasteiger partial charge in [0.2, 0.25) is 23.6 Å². The highest BCUT2D eigenvalue weighted by molar-refractivity contribution is 6.05. The Hall–Kier alpha value is -2.96. The Labute approximate surface area is 189 Å². The van der Waals surface area contributed by atoms with Crippen LogP contribution in [-0.4, -0.2) is 52.1 Å². The largest absolute Gasteiger partial charge is 0.352 e. The molecule has 0 spiro atoms. The predicted octanol–water partition coefficient (Wildman–Crippen LogP) is 2.66. The fourth-order valence-corrected chi connectivity index (χ4v) is 4.27. The van der Waals surface area contributed by atoms with E-state index < -0.39 is 6.04 Å². The number of nitrogens with one attached hydrogen (secondary N) is 1. The minimum Gasteiger partial charge on any atom is -0.352 e. The van der Waals surface area contributed by atoms with Crippen molar-refractivity contribution in [2.75, 3.05) is 6.54 Å². The summed E-state index contributed by atoms with van der Waals surface area (Å²) in [5.41, 5.74) is 0.912. The van der Waals surface area contributed by atoms with Gasteiger partial charge in [0.1, 0.15) is 6.04 Å². The van der Waals surface area contributed by atoms with E-state index in [1.807, 2.05) is 56.3 Å². The van der Waals surface area contributed by atoms with E-state index in [-0.39, 0.29) is 61.0 Å². The molecule has 1 fully saturated rings. The summed E-state index contributed by atoms with van der Waals surface area (Å²) in [6.07, 6.45) is 5.83. The van der Waals surface area contributed by atoms with Gasteiger partial charge >= 0.3 is 0 Å². The van der Waals surface area contributed by atoms with Crippen LogP contribution in [0.1, 0.15) is 52.0 Å². The number of nitrogens with zero attached hydrogens (tertiary/aromatic N) is 2. The lowest BCUT2D eigenvalue weighted by Crippen LogP contribution is -2.50. The highest BCUT2D eigenvalue weighted by atomic mass is 16.2. The second kappa shape index (κ2) is 10.6. The fourth-order valence-electron chi connectivity index (χ4n) is 4.27. The van der Waals surface area contributed by atoms with E-state index in [2.05, 4.69) is 5.32 Å². The van der Waals surface area contributed by atoms with Gasteiger partial charge in [0.05, 0.1) is 11.8 Å². The fraction of sp³-hybridized carbons (Fsp3) is 0.520. The summed E-state index contributed by atoms with van der Waals surface area (Å²) in [4.78, 5) is 54.2. The SMILES string of the molecule is CC[C@H](C)NC(=O)[C@@H](C)N(Cc1ccccc1)C(=O)CCN1C(=O)[C@H]2CC=CC[C@H]2C1=O. The van der Waals surface area contributed by atoms with Crippen molar-refractivity contribution in [3.05, 3.63) is 48.0 Å².